The summed E-state index contributed by atoms with van der Waals surface area (Å²) >= 11 is 1.40. The van der Waals surface area contributed by atoms with Crippen LogP contribution in [0.2, 0.25) is 0 Å². The van der Waals surface area contributed by atoms with E-state index in [1.54, 1.807) is 30.0 Å². The SMILES string of the molecule is CCOC(=O)c1c(N2CCN(C(=O)c3cccs3)CC2)c2ccc(C)nc2n(Cc2ccc(F)cc2)c1=O. The third kappa shape index (κ3) is 4.91. The summed E-state index contributed by atoms with van der Waals surface area (Å²) in [5.74, 6) is -1.11. The number of fused-ring (bicyclic) bond motifs is 1. The molecule has 8 nitrogen and oxygen atoms in total. The van der Waals surface area contributed by atoms with Crippen molar-refractivity contribution in [2.45, 2.75) is 20.4 Å². The van der Waals surface area contributed by atoms with Crippen molar-refractivity contribution in [3.63, 3.8) is 0 Å². The molecule has 0 spiro atoms. The Kier molecular flexibility index (Phi) is 7.24. The van der Waals surface area contributed by atoms with Crippen molar-refractivity contribution < 1.29 is 18.7 Å². The van der Waals surface area contributed by atoms with Gasteiger partial charge in [-0.3, -0.25) is 14.2 Å². The summed E-state index contributed by atoms with van der Waals surface area (Å²) in [6.07, 6.45) is 0. The van der Waals surface area contributed by atoms with Crippen molar-refractivity contribution in [3.8, 4) is 0 Å². The minimum Gasteiger partial charge on any atom is -0.462 e. The molecular formula is C28H27FN4O4S. The average Bonchev–Trinajstić information content (AvgIpc) is 3.46. The Hall–Kier alpha value is -4.05. The molecule has 1 aromatic carbocycles. The van der Waals surface area contributed by atoms with Gasteiger partial charge in [0.25, 0.3) is 11.5 Å². The van der Waals surface area contributed by atoms with E-state index in [-0.39, 0.29) is 30.4 Å². The van der Waals surface area contributed by atoms with Crippen LogP contribution in [0.1, 0.15) is 38.2 Å². The smallest absolute Gasteiger partial charge is 0.345 e. The quantitative estimate of drug-likeness (QED) is 0.347. The van der Waals surface area contributed by atoms with Gasteiger partial charge in [-0.2, -0.15) is 0 Å². The number of esters is 1. The maximum Gasteiger partial charge on any atom is 0.345 e. The Labute approximate surface area is 222 Å². The van der Waals surface area contributed by atoms with Gasteiger partial charge in [0.05, 0.1) is 23.7 Å². The third-order valence-electron chi connectivity index (χ3n) is 6.57. The zero-order chi connectivity index (χ0) is 26.8. The molecular weight excluding hydrogens is 507 g/mol. The molecule has 4 heterocycles. The molecule has 0 N–H and O–H groups in total. The van der Waals surface area contributed by atoms with Gasteiger partial charge in [0.1, 0.15) is 17.0 Å². The molecule has 0 radical (unpaired) electrons. The Morgan fingerprint density at radius 3 is 2.45 bits per heavy atom. The molecule has 1 fully saturated rings. The molecule has 4 aromatic rings. The van der Waals surface area contributed by atoms with E-state index in [1.807, 2.05) is 35.4 Å². The Balaban J connectivity index is 1.60. The number of halogens is 1. The van der Waals surface area contributed by atoms with E-state index >= 15 is 0 Å². The molecule has 0 atom stereocenters. The summed E-state index contributed by atoms with van der Waals surface area (Å²) < 4.78 is 20.3. The molecule has 0 unspecified atom stereocenters. The summed E-state index contributed by atoms with van der Waals surface area (Å²) in [4.78, 5) is 49.1. The van der Waals surface area contributed by atoms with Crippen LogP contribution in [0.3, 0.4) is 0 Å². The van der Waals surface area contributed by atoms with Crippen LogP contribution in [0.4, 0.5) is 10.1 Å². The van der Waals surface area contributed by atoms with E-state index in [1.165, 1.54) is 28.0 Å². The van der Waals surface area contributed by atoms with Crippen LogP contribution in [0.25, 0.3) is 11.0 Å². The normalized spacial score (nSPS) is 13.7. The van der Waals surface area contributed by atoms with Gasteiger partial charge in [0.15, 0.2) is 0 Å². The third-order valence-corrected chi connectivity index (χ3v) is 7.43. The minimum atomic E-state index is -0.708. The van der Waals surface area contributed by atoms with E-state index in [2.05, 4.69) is 4.98 Å². The zero-order valence-electron chi connectivity index (χ0n) is 21.1. The minimum absolute atomic E-state index is 0.0258. The number of nitrogens with zero attached hydrogens (tertiary/aromatic N) is 4. The number of amides is 1. The van der Waals surface area contributed by atoms with E-state index in [0.29, 0.717) is 59.0 Å². The van der Waals surface area contributed by atoms with Crippen molar-refractivity contribution in [2.24, 2.45) is 0 Å². The van der Waals surface area contributed by atoms with Gasteiger partial charge < -0.3 is 14.5 Å². The number of rotatable bonds is 6. The number of anilines is 1. The first-order valence-corrected chi connectivity index (χ1v) is 13.3. The largest absolute Gasteiger partial charge is 0.462 e. The second-order valence-corrected chi connectivity index (χ2v) is 9.99. The first-order valence-electron chi connectivity index (χ1n) is 12.4. The van der Waals surface area contributed by atoms with Crippen LogP contribution in [0.15, 0.2) is 58.7 Å². The maximum atomic E-state index is 13.9. The van der Waals surface area contributed by atoms with Gasteiger partial charge in [-0.05, 0) is 55.1 Å². The van der Waals surface area contributed by atoms with Crippen LogP contribution in [0, 0.1) is 12.7 Å². The molecule has 0 aliphatic carbocycles. The second-order valence-electron chi connectivity index (χ2n) is 9.04. The zero-order valence-corrected chi connectivity index (χ0v) is 22.0. The number of carbonyl (C=O) groups excluding carboxylic acids is 2. The molecule has 38 heavy (non-hydrogen) atoms. The molecule has 1 saturated heterocycles. The monoisotopic (exact) mass is 534 g/mol. The number of aryl methyl sites for hydroxylation is 1. The number of hydrogen-bond donors (Lipinski definition) is 0. The van der Waals surface area contributed by atoms with Crippen molar-refractivity contribution in [3.05, 3.63) is 91.8 Å². The molecule has 1 amide bonds. The number of piperazine rings is 1. The fourth-order valence-electron chi connectivity index (χ4n) is 4.72. The molecule has 0 bridgehead atoms. The fraction of sp³-hybridized carbons (Fsp3) is 0.286. The maximum absolute atomic E-state index is 13.9. The summed E-state index contributed by atoms with van der Waals surface area (Å²) in [6.45, 7) is 5.51. The van der Waals surface area contributed by atoms with Crippen LogP contribution in [-0.4, -0.2) is 59.1 Å². The van der Waals surface area contributed by atoms with E-state index in [4.69, 9.17) is 4.74 Å². The molecule has 1 aliphatic rings. The topological polar surface area (TPSA) is 84.7 Å². The molecule has 10 heteroatoms. The molecule has 5 rings (SSSR count). The molecule has 1 aliphatic heterocycles. The fourth-order valence-corrected chi connectivity index (χ4v) is 5.42. The highest BCUT2D eigenvalue weighted by Crippen LogP contribution is 2.31. The molecule has 3 aromatic heterocycles. The lowest BCUT2D eigenvalue weighted by Gasteiger charge is -2.37. The van der Waals surface area contributed by atoms with Crippen molar-refractivity contribution in [2.75, 3.05) is 37.7 Å². The van der Waals surface area contributed by atoms with Gasteiger partial charge >= 0.3 is 5.97 Å². The Morgan fingerprint density at radius 1 is 1.05 bits per heavy atom. The predicted molar refractivity (Wildman–Crippen MR) is 145 cm³/mol. The van der Waals surface area contributed by atoms with E-state index in [9.17, 15) is 18.8 Å². The number of benzene rings is 1. The molecule has 0 saturated carbocycles. The lowest BCUT2D eigenvalue weighted by molar-refractivity contribution is 0.0523. The Bertz CT molecular complexity index is 1540. The van der Waals surface area contributed by atoms with Gasteiger partial charge in [0.2, 0.25) is 0 Å². The number of ether oxygens (including phenoxy) is 1. The van der Waals surface area contributed by atoms with Crippen LogP contribution >= 0.6 is 11.3 Å². The van der Waals surface area contributed by atoms with Gasteiger partial charge in [-0.1, -0.05) is 18.2 Å². The number of thiophene rings is 1. The van der Waals surface area contributed by atoms with Gasteiger partial charge in [-0.25, -0.2) is 14.2 Å². The van der Waals surface area contributed by atoms with Gasteiger partial charge in [0, 0.05) is 37.3 Å². The average molecular weight is 535 g/mol. The number of aromatic nitrogens is 2. The number of hydrogen-bond acceptors (Lipinski definition) is 7. The first kappa shape index (κ1) is 25.6. The van der Waals surface area contributed by atoms with E-state index < -0.39 is 11.5 Å². The summed E-state index contributed by atoms with van der Waals surface area (Å²) in [7, 11) is 0. The second kappa shape index (κ2) is 10.7. The van der Waals surface area contributed by atoms with Crippen molar-refractivity contribution in [1.29, 1.82) is 0 Å². The predicted octanol–water partition coefficient (Wildman–Crippen LogP) is 4.09. The highest BCUT2D eigenvalue weighted by Gasteiger charge is 2.31. The Morgan fingerprint density at radius 2 is 1.79 bits per heavy atom. The van der Waals surface area contributed by atoms with Crippen LogP contribution in [0.5, 0.6) is 0 Å². The van der Waals surface area contributed by atoms with Crippen LogP contribution in [-0.2, 0) is 11.3 Å². The summed E-state index contributed by atoms with van der Waals surface area (Å²) in [5.41, 5.74) is 1.72. The lowest BCUT2D eigenvalue weighted by Crippen LogP contribution is -2.49. The first-order chi connectivity index (χ1) is 18.4. The van der Waals surface area contributed by atoms with E-state index in [0.717, 1.165) is 0 Å². The summed E-state index contributed by atoms with van der Waals surface area (Å²) in [5, 5.41) is 2.51. The lowest BCUT2D eigenvalue weighted by atomic mass is 10.1. The number of carbonyl (C=O) groups is 2. The van der Waals surface area contributed by atoms with Crippen LogP contribution < -0.4 is 10.5 Å². The van der Waals surface area contributed by atoms with Crippen molar-refractivity contribution in [1.82, 2.24) is 14.5 Å². The highest BCUT2D eigenvalue weighted by atomic mass is 32.1. The summed E-state index contributed by atoms with van der Waals surface area (Å²) in [6, 6.07) is 13.2. The van der Waals surface area contributed by atoms with Crippen molar-refractivity contribution >= 4 is 39.9 Å². The highest BCUT2D eigenvalue weighted by molar-refractivity contribution is 7.12. The molecule has 196 valence electrons. The van der Waals surface area contributed by atoms with Gasteiger partial charge in [-0.15, -0.1) is 11.3 Å². The standard InChI is InChI=1S/C28H27FN4O4S/c1-3-37-28(36)23-24(31-12-14-32(15-13-31)26(34)22-5-4-16-38-22)21-11-6-18(2)30-25(21)33(27(23)35)17-19-7-9-20(29)10-8-19/h4-11,16H,3,12-15,17H2,1-2H3. The number of pyridine rings is 2.